The second-order valence-electron chi connectivity index (χ2n) is 5.04. The Kier molecular flexibility index (Phi) is 7.04. The SMILES string of the molecule is CNC(=O)CC[C@@H](C(=O)C(C)C)N(C)C(C)C. The van der Waals surface area contributed by atoms with E-state index in [1.165, 1.54) is 0 Å². The second-order valence-corrected chi connectivity index (χ2v) is 5.04. The van der Waals surface area contributed by atoms with Crippen LogP contribution in [-0.2, 0) is 9.59 Å². The molecular formula is C13H26N2O2. The van der Waals surface area contributed by atoms with E-state index in [0.717, 1.165) is 0 Å². The highest BCUT2D eigenvalue weighted by atomic mass is 16.1. The molecule has 0 radical (unpaired) electrons. The van der Waals surface area contributed by atoms with Crippen molar-refractivity contribution in [1.82, 2.24) is 10.2 Å². The van der Waals surface area contributed by atoms with E-state index in [4.69, 9.17) is 0 Å². The minimum atomic E-state index is -0.160. The Balaban J connectivity index is 4.62. The first kappa shape index (κ1) is 16.1. The fourth-order valence-corrected chi connectivity index (χ4v) is 1.68. The molecular weight excluding hydrogens is 216 g/mol. The number of ketones is 1. The van der Waals surface area contributed by atoms with Crippen molar-refractivity contribution in [3.63, 3.8) is 0 Å². The van der Waals surface area contributed by atoms with Gasteiger partial charge in [-0.2, -0.15) is 0 Å². The molecule has 0 spiro atoms. The van der Waals surface area contributed by atoms with Gasteiger partial charge in [0.1, 0.15) is 0 Å². The lowest BCUT2D eigenvalue weighted by Crippen LogP contribution is -2.44. The second kappa shape index (κ2) is 7.43. The van der Waals surface area contributed by atoms with Gasteiger partial charge in [-0.25, -0.2) is 0 Å². The zero-order valence-corrected chi connectivity index (χ0v) is 11.9. The summed E-state index contributed by atoms with van der Waals surface area (Å²) in [6, 6.07) is 0.139. The number of carbonyl (C=O) groups excluding carboxylic acids is 2. The molecule has 1 amide bonds. The lowest BCUT2D eigenvalue weighted by molar-refractivity contribution is -0.128. The number of amides is 1. The lowest BCUT2D eigenvalue weighted by Gasteiger charge is -2.31. The molecule has 1 atom stereocenters. The Hall–Kier alpha value is -0.900. The van der Waals surface area contributed by atoms with Crippen molar-refractivity contribution >= 4 is 11.7 Å². The molecule has 100 valence electrons. The van der Waals surface area contributed by atoms with Crippen molar-refractivity contribution in [1.29, 1.82) is 0 Å². The summed E-state index contributed by atoms with van der Waals surface area (Å²) < 4.78 is 0. The Morgan fingerprint density at radius 3 is 2.06 bits per heavy atom. The predicted molar refractivity (Wildman–Crippen MR) is 69.8 cm³/mol. The molecule has 0 rings (SSSR count). The van der Waals surface area contributed by atoms with Gasteiger partial charge in [0.25, 0.3) is 0 Å². The van der Waals surface area contributed by atoms with Crippen LogP contribution >= 0.6 is 0 Å². The molecule has 0 saturated heterocycles. The van der Waals surface area contributed by atoms with E-state index < -0.39 is 0 Å². The molecule has 4 heteroatoms. The molecule has 0 aliphatic rings. The molecule has 0 aliphatic carbocycles. The maximum absolute atomic E-state index is 12.1. The maximum atomic E-state index is 12.1. The molecule has 0 bridgehead atoms. The summed E-state index contributed by atoms with van der Waals surface area (Å²) in [5.74, 6) is 0.208. The normalized spacial score (nSPS) is 13.2. The van der Waals surface area contributed by atoms with E-state index in [2.05, 4.69) is 19.2 Å². The third-order valence-electron chi connectivity index (χ3n) is 3.13. The smallest absolute Gasteiger partial charge is 0.219 e. The third kappa shape index (κ3) is 5.31. The minimum Gasteiger partial charge on any atom is -0.359 e. The van der Waals surface area contributed by atoms with Gasteiger partial charge >= 0.3 is 0 Å². The topological polar surface area (TPSA) is 49.4 Å². The molecule has 0 aromatic carbocycles. The van der Waals surface area contributed by atoms with Gasteiger partial charge in [-0.1, -0.05) is 13.8 Å². The van der Waals surface area contributed by atoms with Crippen LogP contribution in [0.5, 0.6) is 0 Å². The number of nitrogens with one attached hydrogen (secondary N) is 1. The third-order valence-corrected chi connectivity index (χ3v) is 3.13. The molecule has 0 unspecified atom stereocenters. The molecule has 4 nitrogen and oxygen atoms in total. The van der Waals surface area contributed by atoms with Crippen molar-refractivity contribution in [2.75, 3.05) is 14.1 Å². The summed E-state index contributed by atoms with van der Waals surface area (Å²) in [5.41, 5.74) is 0. The predicted octanol–water partition coefficient (Wildman–Crippen LogP) is 1.45. The van der Waals surface area contributed by atoms with E-state index in [-0.39, 0.29) is 23.7 Å². The Labute approximate surface area is 105 Å². The van der Waals surface area contributed by atoms with Crippen molar-refractivity contribution in [3.05, 3.63) is 0 Å². The molecule has 17 heavy (non-hydrogen) atoms. The zero-order chi connectivity index (χ0) is 13.6. The van der Waals surface area contributed by atoms with E-state index in [9.17, 15) is 9.59 Å². The minimum absolute atomic E-state index is 0.00545. The van der Waals surface area contributed by atoms with Crippen LogP contribution < -0.4 is 5.32 Å². The summed E-state index contributed by atoms with van der Waals surface area (Å²) >= 11 is 0. The fraction of sp³-hybridized carbons (Fsp3) is 0.846. The molecule has 0 aromatic heterocycles. The summed E-state index contributed by atoms with van der Waals surface area (Å²) in [4.78, 5) is 25.4. The van der Waals surface area contributed by atoms with Gasteiger partial charge in [0, 0.05) is 25.4 Å². The first-order chi connectivity index (χ1) is 7.81. The highest BCUT2D eigenvalue weighted by Crippen LogP contribution is 2.14. The number of likely N-dealkylation sites (N-methyl/N-ethyl adjacent to an activating group) is 1. The summed E-state index contributed by atoms with van der Waals surface area (Å²) in [6.45, 7) is 7.92. The van der Waals surface area contributed by atoms with Gasteiger partial charge in [0.2, 0.25) is 5.91 Å². The number of Topliss-reactive ketones (excluding diaryl/α,β-unsaturated/α-hetero) is 1. The highest BCUT2D eigenvalue weighted by Gasteiger charge is 2.26. The van der Waals surface area contributed by atoms with Crippen LogP contribution in [0.4, 0.5) is 0 Å². The van der Waals surface area contributed by atoms with Gasteiger partial charge < -0.3 is 5.32 Å². The van der Waals surface area contributed by atoms with E-state index in [1.807, 2.05) is 25.8 Å². The average molecular weight is 242 g/mol. The Bertz CT molecular complexity index is 262. The molecule has 1 N–H and O–H groups in total. The van der Waals surface area contributed by atoms with Crippen LogP contribution in [0.2, 0.25) is 0 Å². The molecule has 0 saturated carbocycles. The van der Waals surface area contributed by atoms with Gasteiger partial charge in [0.15, 0.2) is 5.78 Å². The quantitative estimate of drug-likeness (QED) is 0.735. The zero-order valence-electron chi connectivity index (χ0n) is 11.9. The van der Waals surface area contributed by atoms with E-state index in [1.54, 1.807) is 7.05 Å². The number of hydrogen-bond acceptors (Lipinski definition) is 3. The van der Waals surface area contributed by atoms with Crippen LogP contribution in [0.25, 0.3) is 0 Å². The number of rotatable bonds is 7. The van der Waals surface area contributed by atoms with Crippen molar-refractivity contribution in [2.45, 2.75) is 52.6 Å². The number of hydrogen-bond donors (Lipinski definition) is 1. The first-order valence-corrected chi connectivity index (χ1v) is 6.27. The van der Waals surface area contributed by atoms with Crippen molar-refractivity contribution in [2.24, 2.45) is 5.92 Å². The van der Waals surface area contributed by atoms with Gasteiger partial charge in [-0.15, -0.1) is 0 Å². The molecule has 0 heterocycles. The molecule has 0 fully saturated rings. The summed E-state index contributed by atoms with van der Waals surface area (Å²) in [6.07, 6.45) is 0.988. The van der Waals surface area contributed by atoms with E-state index in [0.29, 0.717) is 18.9 Å². The highest BCUT2D eigenvalue weighted by molar-refractivity contribution is 5.86. The maximum Gasteiger partial charge on any atom is 0.219 e. The Morgan fingerprint density at radius 2 is 1.71 bits per heavy atom. The van der Waals surface area contributed by atoms with Crippen molar-refractivity contribution in [3.8, 4) is 0 Å². The van der Waals surface area contributed by atoms with Crippen LogP contribution in [0, 0.1) is 5.92 Å². The average Bonchev–Trinajstić information content (AvgIpc) is 2.27. The largest absolute Gasteiger partial charge is 0.359 e. The lowest BCUT2D eigenvalue weighted by atomic mass is 9.96. The number of nitrogens with zero attached hydrogens (tertiary/aromatic N) is 1. The van der Waals surface area contributed by atoms with Crippen LogP contribution in [0.1, 0.15) is 40.5 Å². The van der Waals surface area contributed by atoms with E-state index >= 15 is 0 Å². The van der Waals surface area contributed by atoms with Crippen molar-refractivity contribution < 1.29 is 9.59 Å². The van der Waals surface area contributed by atoms with Gasteiger partial charge in [-0.3, -0.25) is 14.5 Å². The standard InChI is InChI=1S/C13H26N2O2/c1-9(2)13(17)11(15(6)10(3)4)7-8-12(16)14-5/h9-11H,7-8H2,1-6H3,(H,14,16)/t11-/m0/s1. The monoisotopic (exact) mass is 242 g/mol. The van der Waals surface area contributed by atoms with Crippen LogP contribution in [-0.4, -0.2) is 42.8 Å². The van der Waals surface area contributed by atoms with Crippen LogP contribution in [0.3, 0.4) is 0 Å². The molecule has 0 aliphatic heterocycles. The number of carbonyl (C=O) groups is 2. The van der Waals surface area contributed by atoms with Crippen LogP contribution in [0.15, 0.2) is 0 Å². The van der Waals surface area contributed by atoms with Gasteiger partial charge in [-0.05, 0) is 27.3 Å². The fourth-order valence-electron chi connectivity index (χ4n) is 1.68. The van der Waals surface area contributed by atoms with Gasteiger partial charge in [0.05, 0.1) is 6.04 Å². The first-order valence-electron chi connectivity index (χ1n) is 6.27. The molecule has 0 aromatic rings. The summed E-state index contributed by atoms with van der Waals surface area (Å²) in [5, 5.41) is 2.59. The summed E-state index contributed by atoms with van der Waals surface area (Å²) in [7, 11) is 3.56. The Morgan fingerprint density at radius 1 is 1.18 bits per heavy atom.